The van der Waals surface area contributed by atoms with Crippen LogP contribution in [0.15, 0.2) is 42.5 Å². The normalized spacial score (nSPS) is 11.2. The van der Waals surface area contributed by atoms with Gasteiger partial charge >= 0.3 is 0 Å². The summed E-state index contributed by atoms with van der Waals surface area (Å²) in [6, 6.07) is 14.7. The number of hydrogen-bond acceptors (Lipinski definition) is 7. The Morgan fingerprint density at radius 1 is 0.897 bits per heavy atom. The first-order valence-corrected chi connectivity index (χ1v) is 10.6. The highest BCUT2D eigenvalue weighted by atomic mass is 32.1. The van der Waals surface area contributed by atoms with Crippen LogP contribution in [0.1, 0.15) is 5.56 Å². The van der Waals surface area contributed by atoms with Gasteiger partial charge in [0.25, 0.3) is 0 Å². The lowest BCUT2D eigenvalue weighted by Crippen LogP contribution is -2.14. The Bertz CT molecular complexity index is 867. The highest BCUT2D eigenvalue weighted by molar-refractivity contribution is 7.21. The molecular formula is C22H28N2O4S. The molecule has 3 aromatic rings. The molecule has 0 radical (unpaired) electrons. The fourth-order valence-electron chi connectivity index (χ4n) is 2.76. The summed E-state index contributed by atoms with van der Waals surface area (Å²) in [5.41, 5.74) is 4.50. The number of aliphatic hydroxyl groups is 1. The number of hydrogen-bond donors (Lipinski definition) is 2. The number of rotatable bonds is 13. The van der Waals surface area contributed by atoms with E-state index in [1.807, 2.05) is 0 Å². The molecule has 6 nitrogen and oxygen atoms in total. The second kappa shape index (κ2) is 11.8. The number of aryl methyl sites for hydroxylation is 1. The molecule has 7 heteroatoms. The van der Waals surface area contributed by atoms with Crippen LogP contribution in [0.3, 0.4) is 0 Å². The smallest absolute Gasteiger partial charge is 0.124 e. The Kier molecular flexibility index (Phi) is 8.85. The van der Waals surface area contributed by atoms with E-state index < -0.39 is 0 Å². The van der Waals surface area contributed by atoms with Gasteiger partial charge in [-0.3, -0.25) is 0 Å². The topological polar surface area (TPSA) is 72.8 Å². The Morgan fingerprint density at radius 3 is 2.31 bits per heavy atom. The van der Waals surface area contributed by atoms with E-state index in [2.05, 4.69) is 54.7 Å². The predicted molar refractivity (Wildman–Crippen MR) is 118 cm³/mol. The minimum Gasteiger partial charge on any atom is -0.394 e. The molecular weight excluding hydrogens is 388 g/mol. The quantitative estimate of drug-likeness (QED) is 0.414. The molecule has 0 fully saturated rings. The van der Waals surface area contributed by atoms with Crippen molar-refractivity contribution in [1.29, 1.82) is 0 Å². The van der Waals surface area contributed by atoms with Gasteiger partial charge in [-0.2, -0.15) is 0 Å². The van der Waals surface area contributed by atoms with Crippen LogP contribution in [-0.2, 0) is 14.2 Å². The van der Waals surface area contributed by atoms with Crippen LogP contribution >= 0.6 is 11.3 Å². The van der Waals surface area contributed by atoms with Gasteiger partial charge in [-0.15, -0.1) is 11.3 Å². The maximum absolute atomic E-state index is 8.58. The van der Waals surface area contributed by atoms with E-state index in [9.17, 15) is 0 Å². The molecule has 1 heterocycles. The minimum absolute atomic E-state index is 0.0422. The molecule has 0 spiro atoms. The van der Waals surface area contributed by atoms with Gasteiger partial charge in [0.1, 0.15) is 5.01 Å². The van der Waals surface area contributed by atoms with Gasteiger partial charge in [0.2, 0.25) is 0 Å². The lowest BCUT2D eigenvalue weighted by Gasteiger charge is -2.08. The third-order valence-corrected chi connectivity index (χ3v) is 5.30. The van der Waals surface area contributed by atoms with Gasteiger partial charge in [-0.25, -0.2) is 4.98 Å². The fourth-order valence-corrected chi connectivity index (χ4v) is 3.83. The Morgan fingerprint density at radius 2 is 1.59 bits per heavy atom. The molecule has 29 heavy (non-hydrogen) atoms. The molecule has 0 aliphatic rings. The lowest BCUT2D eigenvalue weighted by molar-refractivity contribution is 0.00920. The first-order valence-electron chi connectivity index (χ1n) is 9.82. The van der Waals surface area contributed by atoms with Gasteiger partial charge in [-0.1, -0.05) is 6.07 Å². The maximum atomic E-state index is 8.58. The van der Waals surface area contributed by atoms with Crippen molar-refractivity contribution in [3.05, 3.63) is 48.0 Å². The summed E-state index contributed by atoms with van der Waals surface area (Å²) in [6.07, 6.45) is 0. The van der Waals surface area contributed by atoms with Crippen molar-refractivity contribution in [1.82, 2.24) is 4.98 Å². The molecule has 2 aromatic carbocycles. The summed E-state index contributed by atoms with van der Waals surface area (Å²) < 4.78 is 17.2. The van der Waals surface area contributed by atoms with Crippen molar-refractivity contribution in [2.45, 2.75) is 6.92 Å². The third-order valence-electron chi connectivity index (χ3n) is 4.23. The number of aromatic nitrogens is 1. The fraction of sp³-hybridized carbons (Fsp3) is 0.409. The molecule has 0 amide bonds. The van der Waals surface area contributed by atoms with Crippen LogP contribution < -0.4 is 5.32 Å². The largest absolute Gasteiger partial charge is 0.394 e. The van der Waals surface area contributed by atoms with Gasteiger partial charge in [-0.05, 0) is 48.9 Å². The Hall–Kier alpha value is -2.03. The molecule has 156 valence electrons. The number of nitrogens with one attached hydrogen (secondary N) is 1. The number of ether oxygens (including phenoxy) is 3. The van der Waals surface area contributed by atoms with E-state index in [0.29, 0.717) is 39.6 Å². The summed E-state index contributed by atoms with van der Waals surface area (Å²) in [7, 11) is 0. The van der Waals surface area contributed by atoms with Gasteiger partial charge < -0.3 is 24.6 Å². The predicted octanol–water partition coefficient (Wildman–Crippen LogP) is 3.73. The molecule has 2 N–H and O–H groups in total. The zero-order valence-corrected chi connectivity index (χ0v) is 17.5. The number of aliphatic hydroxyl groups excluding tert-OH is 1. The summed E-state index contributed by atoms with van der Waals surface area (Å²) in [6.45, 7) is 5.95. The van der Waals surface area contributed by atoms with E-state index in [1.165, 1.54) is 10.3 Å². The third kappa shape index (κ3) is 7.06. The molecule has 1 aromatic heterocycles. The van der Waals surface area contributed by atoms with Crippen molar-refractivity contribution >= 4 is 27.2 Å². The highest BCUT2D eigenvalue weighted by Crippen LogP contribution is 2.31. The van der Waals surface area contributed by atoms with E-state index in [0.717, 1.165) is 28.3 Å². The van der Waals surface area contributed by atoms with Crippen molar-refractivity contribution < 1.29 is 19.3 Å². The first kappa shape index (κ1) is 21.7. The average Bonchev–Trinajstić information content (AvgIpc) is 3.15. The summed E-state index contributed by atoms with van der Waals surface area (Å²) in [5.74, 6) is 0. The van der Waals surface area contributed by atoms with Gasteiger partial charge in [0, 0.05) is 17.8 Å². The maximum Gasteiger partial charge on any atom is 0.124 e. The monoisotopic (exact) mass is 416 g/mol. The van der Waals surface area contributed by atoms with Crippen LogP contribution in [0.2, 0.25) is 0 Å². The summed E-state index contributed by atoms with van der Waals surface area (Å²) >= 11 is 1.72. The molecule has 0 saturated carbocycles. The number of benzene rings is 2. The second-order valence-corrected chi connectivity index (χ2v) is 7.59. The van der Waals surface area contributed by atoms with Crippen molar-refractivity contribution in [3.8, 4) is 10.6 Å². The minimum atomic E-state index is 0.0422. The zero-order chi connectivity index (χ0) is 20.3. The van der Waals surface area contributed by atoms with E-state index in [4.69, 9.17) is 24.3 Å². The van der Waals surface area contributed by atoms with Crippen LogP contribution in [0.25, 0.3) is 20.8 Å². The number of fused-ring (bicyclic) bond motifs is 1. The summed E-state index contributed by atoms with van der Waals surface area (Å²) in [5, 5.41) is 13.0. The number of thiazole rings is 1. The van der Waals surface area contributed by atoms with Gasteiger partial charge in [0.15, 0.2) is 0 Å². The van der Waals surface area contributed by atoms with E-state index in [-0.39, 0.29) is 6.61 Å². The average molecular weight is 417 g/mol. The first-order chi connectivity index (χ1) is 14.3. The number of nitrogens with zero attached hydrogens (tertiary/aromatic N) is 1. The van der Waals surface area contributed by atoms with Crippen molar-refractivity contribution in [2.75, 3.05) is 58.1 Å². The molecule has 0 unspecified atom stereocenters. The van der Waals surface area contributed by atoms with Gasteiger partial charge in [0.05, 0.1) is 56.5 Å². The van der Waals surface area contributed by atoms with Crippen molar-refractivity contribution in [2.24, 2.45) is 0 Å². The molecule has 0 atom stereocenters. The molecule has 0 aliphatic heterocycles. The molecule has 0 saturated heterocycles. The van der Waals surface area contributed by atoms with Crippen LogP contribution in [0, 0.1) is 6.92 Å². The summed E-state index contributed by atoms with van der Waals surface area (Å²) in [4.78, 5) is 4.73. The van der Waals surface area contributed by atoms with E-state index in [1.54, 1.807) is 11.3 Å². The highest BCUT2D eigenvalue weighted by Gasteiger charge is 2.06. The zero-order valence-electron chi connectivity index (χ0n) is 16.7. The van der Waals surface area contributed by atoms with Crippen LogP contribution in [0.4, 0.5) is 5.69 Å². The molecule has 0 aliphatic carbocycles. The standard InChI is InChI=1S/C22H28N2O4S/c1-17-2-7-20-21(16-17)29-22(24-20)18-3-5-19(6-4-18)23-8-10-26-12-14-28-15-13-27-11-9-25/h2-7,16,23,25H,8-15H2,1H3. The number of anilines is 1. The Labute approximate surface area is 175 Å². The van der Waals surface area contributed by atoms with Crippen molar-refractivity contribution in [3.63, 3.8) is 0 Å². The molecule has 0 bridgehead atoms. The molecule has 3 rings (SSSR count). The Balaban J connectivity index is 1.33. The second-order valence-electron chi connectivity index (χ2n) is 6.56. The lowest BCUT2D eigenvalue weighted by atomic mass is 10.2. The SMILES string of the molecule is Cc1ccc2nc(-c3ccc(NCCOCCOCCOCCO)cc3)sc2c1. The van der Waals surface area contributed by atoms with E-state index >= 15 is 0 Å². The van der Waals surface area contributed by atoms with Crippen LogP contribution in [0.5, 0.6) is 0 Å². The van der Waals surface area contributed by atoms with Crippen LogP contribution in [-0.4, -0.2) is 62.9 Å².